The van der Waals surface area contributed by atoms with E-state index in [1.54, 1.807) is 24.3 Å². The molecule has 1 heterocycles. The van der Waals surface area contributed by atoms with Gasteiger partial charge in [-0.15, -0.1) is 0 Å². The molecule has 0 spiro atoms. The first kappa shape index (κ1) is 20.9. The van der Waals surface area contributed by atoms with Gasteiger partial charge in [0.05, 0.1) is 23.4 Å². The summed E-state index contributed by atoms with van der Waals surface area (Å²) in [6.07, 6.45) is 1.95. The second kappa shape index (κ2) is 10.1. The van der Waals surface area contributed by atoms with Crippen molar-refractivity contribution < 1.29 is 14.3 Å². The van der Waals surface area contributed by atoms with Gasteiger partial charge in [-0.1, -0.05) is 37.6 Å². The van der Waals surface area contributed by atoms with Crippen LogP contribution in [0.5, 0.6) is 5.75 Å². The Hall–Kier alpha value is -2.86. The number of hydrogen-bond donors (Lipinski definition) is 1. The van der Waals surface area contributed by atoms with Crippen LogP contribution < -0.4 is 10.1 Å². The lowest BCUT2D eigenvalue weighted by Crippen LogP contribution is -2.47. The van der Waals surface area contributed by atoms with E-state index >= 15 is 0 Å². The number of rotatable bonds is 7. The Kier molecular flexibility index (Phi) is 7.25. The molecular formula is C23H29N3O3. The number of piperazine rings is 1. The Morgan fingerprint density at radius 2 is 1.62 bits per heavy atom. The van der Waals surface area contributed by atoms with E-state index < -0.39 is 0 Å². The van der Waals surface area contributed by atoms with Gasteiger partial charge in [-0.2, -0.15) is 0 Å². The number of carbonyl (C=O) groups excluding carboxylic acids is 2. The van der Waals surface area contributed by atoms with Crippen LogP contribution in [0.25, 0.3) is 0 Å². The highest BCUT2D eigenvalue weighted by atomic mass is 16.5. The van der Waals surface area contributed by atoms with Gasteiger partial charge in [-0.25, -0.2) is 0 Å². The SMILES string of the molecule is CCCCOc1ccccc1C(=O)Nc1ccccc1C(=O)N1CCN(C)CC1. The van der Waals surface area contributed by atoms with Gasteiger partial charge in [-0.05, 0) is 37.7 Å². The molecule has 1 aliphatic heterocycles. The monoisotopic (exact) mass is 395 g/mol. The number of unbranched alkanes of at least 4 members (excludes halogenated alkanes) is 1. The van der Waals surface area contributed by atoms with Gasteiger partial charge in [-0.3, -0.25) is 9.59 Å². The number of benzene rings is 2. The fraction of sp³-hybridized carbons (Fsp3) is 0.391. The summed E-state index contributed by atoms with van der Waals surface area (Å²) in [5, 5.41) is 2.91. The molecule has 3 rings (SSSR count). The van der Waals surface area contributed by atoms with Gasteiger partial charge in [0.15, 0.2) is 0 Å². The second-order valence-electron chi connectivity index (χ2n) is 7.29. The smallest absolute Gasteiger partial charge is 0.259 e. The molecule has 1 aliphatic rings. The molecule has 0 saturated carbocycles. The predicted octanol–water partition coefficient (Wildman–Crippen LogP) is 3.51. The van der Waals surface area contributed by atoms with Crippen molar-refractivity contribution in [2.24, 2.45) is 0 Å². The van der Waals surface area contributed by atoms with Crippen LogP contribution in [0.1, 0.15) is 40.5 Å². The predicted molar refractivity (Wildman–Crippen MR) is 115 cm³/mol. The summed E-state index contributed by atoms with van der Waals surface area (Å²) in [7, 11) is 2.05. The van der Waals surface area contributed by atoms with Crippen LogP contribution in [-0.2, 0) is 0 Å². The van der Waals surface area contributed by atoms with Crippen LogP contribution in [0.3, 0.4) is 0 Å². The highest BCUT2D eigenvalue weighted by molar-refractivity contribution is 6.10. The third kappa shape index (κ3) is 5.35. The van der Waals surface area contributed by atoms with Crippen molar-refractivity contribution >= 4 is 17.5 Å². The van der Waals surface area contributed by atoms with Crippen LogP contribution in [0.15, 0.2) is 48.5 Å². The van der Waals surface area contributed by atoms with Crippen LogP contribution in [0, 0.1) is 0 Å². The first-order chi connectivity index (χ1) is 14.1. The molecule has 2 amide bonds. The van der Waals surface area contributed by atoms with E-state index in [1.165, 1.54) is 0 Å². The Balaban J connectivity index is 1.76. The molecule has 1 N–H and O–H groups in total. The Labute approximate surface area is 172 Å². The molecule has 154 valence electrons. The van der Waals surface area contributed by atoms with Gasteiger partial charge < -0.3 is 19.9 Å². The van der Waals surface area contributed by atoms with Gasteiger partial charge >= 0.3 is 0 Å². The standard InChI is InChI=1S/C23H29N3O3/c1-3-4-17-29-21-12-8-6-10-19(21)22(27)24-20-11-7-5-9-18(20)23(28)26-15-13-25(2)14-16-26/h5-12H,3-4,13-17H2,1-2H3,(H,24,27). The molecule has 6 heteroatoms. The quantitative estimate of drug-likeness (QED) is 0.729. The highest BCUT2D eigenvalue weighted by Crippen LogP contribution is 2.23. The first-order valence-corrected chi connectivity index (χ1v) is 10.2. The molecule has 1 saturated heterocycles. The van der Waals surface area contributed by atoms with Gasteiger partial charge in [0, 0.05) is 26.2 Å². The Bertz CT molecular complexity index is 845. The number of amides is 2. The summed E-state index contributed by atoms with van der Waals surface area (Å²) in [5.74, 6) is 0.221. The molecule has 0 unspecified atom stereocenters. The summed E-state index contributed by atoms with van der Waals surface area (Å²) in [4.78, 5) is 30.0. The number of likely N-dealkylation sites (N-methyl/N-ethyl adjacent to an activating group) is 1. The minimum Gasteiger partial charge on any atom is -0.493 e. The number of nitrogens with one attached hydrogen (secondary N) is 1. The Morgan fingerprint density at radius 1 is 0.966 bits per heavy atom. The zero-order chi connectivity index (χ0) is 20.6. The zero-order valence-corrected chi connectivity index (χ0v) is 17.2. The molecule has 0 radical (unpaired) electrons. The number of nitrogens with zero attached hydrogens (tertiary/aromatic N) is 2. The number of para-hydroxylation sites is 2. The first-order valence-electron chi connectivity index (χ1n) is 10.2. The largest absolute Gasteiger partial charge is 0.493 e. The topological polar surface area (TPSA) is 61.9 Å². The summed E-state index contributed by atoms with van der Waals surface area (Å²) in [6.45, 7) is 5.73. The molecule has 0 bridgehead atoms. The fourth-order valence-electron chi connectivity index (χ4n) is 3.25. The van der Waals surface area contributed by atoms with Crippen LogP contribution in [-0.4, -0.2) is 61.4 Å². The zero-order valence-electron chi connectivity index (χ0n) is 17.2. The van der Waals surface area contributed by atoms with Gasteiger partial charge in [0.2, 0.25) is 0 Å². The van der Waals surface area contributed by atoms with Crippen LogP contribution in [0.4, 0.5) is 5.69 Å². The molecule has 0 aromatic heterocycles. The lowest BCUT2D eigenvalue weighted by Gasteiger charge is -2.32. The third-order valence-electron chi connectivity index (χ3n) is 5.08. The van der Waals surface area contributed by atoms with E-state index in [1.807, 2.05) is 29.2 Å². The normalized spacial score (nSPS) is 14.5. The maximum absolute atomic E-state index is 13.0. The molecular weight excluding hydrogens is 366 g/mol. The van der Waals surface area contributed by atoms with E-state index in [0.717, 1.165) is 25.9 Å². The van der Waals surface area contributed by atoms with Crippen molar-refractivity contribution in [3.05, 3.63) is 59.7 Å². The molecule has 0 aliphatic carbocycles. The summed E-state index contributed by atoms with van der Waals surface area (Å²) < 4.78 is 5.78. The number of carbonyl (C=O) groups is 2. The van der Waals surface area contributed by atoms with Crippen LogP contribution >= 0.6 is 0 Å². The second-order valence-corrected chi connectivity index (χ2v) is 7.29. The van der Waals surface area contributed by atoms with E-state index in [0.29, 0.717) is 42.3 Å². The Morgan fingerprint density at radius 3 is 2.34 bits per heavy atom. The van der Waals surface area contributed by atoms with Crippen molar-refractivity contribution in [1.82, 2.24) is 9.80 Å². The molecule has 1 fully saturated rings. The van der Waals surface area contributed by atoms with E-state index in [2.05, 4.69) is 24.2 Å². The van der Waals surface area contributed by atoms with E-state index in [-0.39, 0.29) is 11.8 Å². The molecule has 6 nitrogen and oxygen atoms in total. The van der Waals surface area contributed by atoms with Crippen molar-refractivity contribution in [3.8, 4) is 5.75 Å². The summed E-state index contributed by atoms with van der Waals surface area (Å²) in [5.41, 5.74) is 1.49. The lowest BCUT2D eigenvalue weighted by atomic mass is 10.1. The summed E-state index contributed by atoms with van der Waals surface area (Å²) >= 11 is 0. The van der Waals surface area contributed by atoms with Crippen molar-refractivity contribution in [1.29, 1.82) is 0 Å². The average Bonchev–Trinajstić information content (AvgIpc) is 2.75. The van der Waals surface area contributed by atoms with Gasteiger partial charge in [0.25, 0.3) is 11.8 Å². The van der Waals surface area contributed by atoms with Crippen molar-refractivity contribution in [2.45, 2.75) is 19.8 Å². The van der Waals surface area contributed by atoms with Crippen LogP contribution in [0.2, 0.25) is 0 Å². The minimum atomic E-state index is -0.282. The van der Waals surface area contributed by atoms with Crippen molar-refractivity contribution in [2.75, 3.05) is 45.2 Å². The maximum atomic E-state index is 13.0. The molecule has 2 aromatic rings. The maximum Gasteiger partial charge on any atom is 0.259 e. The average molecular weight is 396 g/mol. The third-order valence-corrected chi connectivity index (χ3v) is 5.08. The fourth-order valence-corrected chi connectivity index (χ4v) is 3.25. The number of hydrogen-bond acceptors (Lipinski definition) is 4. The molecule has 2 aromatic carbocycles. The van der Waals surface area contributed by atoms with Gasteiger partial charge in [0.1, 0.15) is 5.75 Å². The number of ether oxygens (including phenoxy) is 1. The lowest BCUT2D eigenvalue weighted by molar-refractivity contribution is 0.0665. The van der Waals surface area contributed by atoms with Crippen molar-refractivity contribution in [3.63, 3.8) is 0 Å². The number of anilines is 1. The minimum absolute atomic E-state index is 0.0542. The van der Waals surface area contributed by atoms with E-state index in [9.17, 15) is 9.59 Å². The molecule has 0 atom stereocenters. The van der Waals surface area contributed by atoms with E-state index in [4.69, 9.17) is 4.74 Å². The molecule has 29 heavy (non-hydrogen) atoms. The summed E-state index contributed by atoms with van der Waals surface area (Å²) in [6, 6.07) is 14.4. The highest BCUT2D eigenvalue weighted by Gasteiger charge is 2.23.